The van der Waals surface area contributed by atoms with Gasteiger partial charge in [0.05, 0.1) is 0 Å². The maximum atomic E-state index is 11.9. The third-order valence-electron chi connectivity index (χ3n) is 3.79. The number of nitrogens with two attached hydrogens (primary N) is 1. The Kier molecular flexibility index (Phi) is 9.72. The normalized spacial score (nSPS) is 26.6. The number of hydrogen-bond donors (Lipinski definition) is 2. The van der Waals surface area contributed by atoms with Gasteiger partial charge in [0.2, 0.25) is 6.10 Å². The first-order valence-corrected chi connectivity index (χ1v) is 9.39. The summed E-state index contributed by atoms with van der Waals surface area (Å²) in [7, 11) is 0. The number of hydrogen-bond acceptors (Lipinski definition) is 13. The number of primary amides is 1. The summed E-state index contributed by atoms with van der Waals surface area (Å²) in [6, 6.07) is -1.10. The zero-order valence-corrected chi connectivity index (χ0v) is 18.5. The molecular weight excluding hydrogens is 450 g/mol. The number of carbonyl (C=O) groups is 6. The van der Waals surface area contributed by atoms with Gasteiger partial charge in [0.15, 0.2) is 12.2 Å². The van der Waals surface area contributed by atoms with E-state index in [1.165, 1.54) is 0 Å². The second-order valence-electron chi connectivity index (χ2n) is 6.69. The Balaban J connectivity index is 3.71. The number of ether oxygens (including phenoxy) is 6. The number of rotatable bonds is 8. The van der Waals surface area contributed by atoms with Crippen molar-refractivity contribution in [2.24, 2.45) is 10.8 Å². The van der Waals surface area contributed by atoms with E-state index < -0.39 is 72.7 Å². The molecule has 15 nitrogen and oxygen atoms in total. The summed E-state index contributed by atoms with van der Waals surface area (Å²) in [4.78, 5) is 69.7. The maximum Gasteiger partial charge on any atom is 0.332 e. The fourth-order valence-corrected chi connectivity index (χ4v) is 2.92. The van der Waals surface area contributed by atoms with E-state index in [2.05, 4.69) is 5.10 Å². The average molecular weight is 475 g/mol. The first-order valence-electron chi connectivity index (χ1n) is 9.39. The Morgan fingerprint density at radius 1 is 0.879 bits per heavy atom. The van der Waals surface area contributed by atoms with Crippen molar-refractivity contribution >= 4 is 42.1 Å². The van der Waals surface area contributed by atoms with Crippen LogP contribution in [0.4, 0.5) is 4.79 Å². The molecule has 5 unspecified atom stereocenters. The van der Waals surface area contributed by atoms with Gasteiger partial charge in [-0.1, -0.05) is 0 Å². The molecule has 1 aliphatic heterocycles. The SMILES string of the molecule is CC(=O)OCC1OC(/C=N/NC(N)=O)(OC(C)=O)C(OC(C)=O)C(OC(C)=O)C1OC(C)=O. The first kappa shape index (κ1) is 27.3. The summed E-state index contributed by atoms with van der Waals surface area (Å²) >= 11 is 0. The highest BCUT2D eigenvalue weighted by molar-refractivity contribution is 5.78. The van der Waals surface area contributed by atoms with Gasteiger partial charge in [0, 0.05) is 34.6 Å². The Hall–Kier alpha value is -3.75. The molecule has 1 saturated heterocycles. The minimum absolute atomic E-state index is 0.571. The molecule has 2 amide bonds. The largest absolute Gasteiger partial charge is 0.463 e. The van der Waals surface area contributed by atoms with Gasteiger partial charge in [0.1, 0.15) is 18.9 Å². The molecule has 3 N–H and O–H groups in total. The minimum Gasteiger partial charge on any atom is -0.463 e. The van der Waals surface area contributed by atoms with Crippen molar-refractivity contribution in [1.82, 2.24) is 5.43 Å². The molecule has 5 atom stereocenters. The van der Waals surface area contributed by atoms with E-state index in [1.54, 1.807) is 0 Å². The molecule has 0 aromatic heterocycles. The zero-order chi connectivity index (χ0) is 25.3. The van der Waals surface area contributed by atoms with Gasteiger partial charge in [-0.2, -0.15) is 5.10 Å². The molecule has 184 valence electrons. The Morgan fingerprint density at radius 3 is 1.88 bits per heavy atom. The van der Waals surface area contributed by atoms with E-state index in [0.717, 1.165) is 34.6 Å². The van der Waals surface area contributed by atoms with Crippen LogP contribution in [0.15, 0.2) is 5.10 Å². The smallest absolute Gasteiger partial charge is 0.332 e. The van der Waals surface area contributed by atoms with Gasteiger partial charge in [-0.05, 0) is 0 Å². The van der Waals surface area contributed by atoms with E-state index in [-0.39, 0.29) is 0 Å². The summed E-state index contributed by atoms with van der Waals surface area (Å²) in [5.74, 6) is -6.84. The van der Waals surface area contributed by atoms with Crippen LogP contribution in [0.5, 0.6) is 0 Å². The molecule has 15 heteroatoms. The van der Waals surface area contributed by atoms with Gasteiger partial charge < -0.3 is 34.2 Å². The van der Waals surface area contributed by atoms with Gasteiger partial charge in [-0.3, -0.25) is 24.0 Å². The Labute approximate surface area is 187 Å². The predicted molar refractivity (Wildman–Crippen MR) is 104 cm³/mol. The summed E-state index contributed by atoms with van der Waals surface area (Å²) in [5.41, 5.74) is 6.81. The quantitative estimate of drug-likeness (QED) is 0.181. The Bertz CT molecular complexity index is 828. The number of carbonyl (C=O) groups excluding carboxylic acids is 6. The number of amides is 2. The highest BCUT2D eigenvalue weighted by Crippen LogP contribution is 2.36. The van der Waals surface area contributed by atoms with Crippen molar-refractivity contribution in [1.29, 1.82) is 0 Å². The van der Waals surface area contributed by atoms with Gasteiger partial charge in [0.25, 0.3) is 5.79 Å². The monoisotopic (exact) mass is 475 g/mol. The maximum absolute atomic E-state index is 11.9. The van der Waals surface area contributed by atoms with Crippen LogP contribution < -0.4 is 11.2 Å². The first-order chi connectivity index (χ1) is 15.3. The highest BCUT2D eigenvalue weighted by atomic mass is 16.8. The van der Waals surface area contributed by atoms with Crippen molar-refractivity contribution in [3.63, 3.8) is 0 Å². The molecule has 0 aromatic carbocycles. The van der Waals surface area contributed by atoms with Crippen LogP contribution in [0, 0.1) is 0 Å². The summed E-state index contributed by atoms with van der Waals surface area (Å²) in [5, 5.41) is 3.51. The van der Waals surface area contributed by atoms with Crippen molar-refractivity contribution in [3.8, 4) is 0 Å². The molecule has 33 heavy (non-hydrogen) atoms. The van der Waals surface area contributed by atoms with E-state index in [4.69, 9.17) is 34.2 Å². The van der Waals surface area contributed by atoms with Crippen LogP contribution >= 0.6 is 0 Å². The zero-order valence-electron chi connectivity index (χ0n) is 18.5. The van der Waals surface area contributed by atoms with E-state index >= 15 is 0 Å². The number of nitrogens with zero attached hydrogens (tertiary/aromatic N) is 1. The van der Waals surface area contributed by atoms with Gasteiger partial charge in [-0.15, -0.1) is 0 Å². The molecule has 0 bridgehead atoms. The lowest BCUT2D eigenvalue weighted by Crippen LogP contribution is -2.70. The van der Waals surface area contributed by atoms with E-state index in [9.17, 15) is 28.8 Å². The standard InChI is InChI=1S/C18H25N3O12/c1-8(22)28-6-13-14(29-9(2)23)15(30-10(3)24)16(31-11(4)25)18(33-13,32-12(5)26)7-20-21-17(19)27/h7,13-16H,6H2,1-5H3,(H3,19,21,27)/b20-7+. The van der Waals surface area contributed by atoms with Crippen molar-refractivity contribution < 1.29 is 57.2 Å². The molecule has 0 aromatic rings. The highest BCUT2D eigenvalue weighted by Gasteiger charge is 2.62. The third kappa shape index (κ3) is 8.36. The molecule has 0 radical (unpaired) electrons. The van der Waals surface area contributed by atoms with Crippen molar-refractivity contribution in [2.75, 3.05) is 6.61 Å². The lowest BCUT2D eigenvalue weighted by Gasteiger charge is -2.48. The lowest BCUT2D eigenvalue weighted by molar-refractivity contribution is -0.324. The molecule has 0 spiro atoms. The van der Waals surface area contributed by atoms with Gasteiger partial charge in [-0.25, -0.2) is 10.2 Å². The van der Waals surface area contributed by atoms with Crippen LogP contribution in [0.3, 0.4) is 0 Å². The minimum atomic E-state index is -2.44. The molecule has 0 aliphatic carbocycles. The average Bonchev–Trinajstić information content (AvgIpc) is 2.63. The van der Waals surface area contributed by atoms with E-state index in [0.29, 0.717) is 6.21 Å². The Morgan fingerprint density at radius 2 is 1.42 bits per heavy atom. The predicted octanol–water partition coefficient (Wildman–Crippen LogP) is -1.34. The van der Waals surface area contributed by atoms with Crippen molar-refractivity contribution in [3.05, 3.63) is 0 Å². The number of nitrogens with one attached hydrogen (secondary N) is 1. The molecule has 1 rings (SSSR count). The summed E-state index contributed by atoms with van der Waals surface area (Å²) in [6.07, 6.45) is -5.62. The van der Waals surface area contributed by atoms with Crippen LogP contribution in [-0.2, 0) is 52.4 Å². The summed E-state index contributed by atoms with van der Waals surface area (Å²) < 4.78 is 31.6. The van der Waals surface area contributed by atoms with Crippen molar-refractivity contribution in [2.45, 2.75) is 64.8 Å². The lowest BCUT2D eigenvalue weighted by atomic mass is 9.92. The van der Waals surface area contributed by atoms with Crippen LogP contribution in [0.2, 0.25) is 0 Å². The van der Waals surface area contributed by atoms with E-state index in [1.807, 2.05) is 5.43 Å². The molecule has 1 heterocycles. The topological polar surface area (TPSA) is 208 Å². The number of urea groups is 1. The fourth-order valence-electron chi connectivity index (χ4n) is 2.92. The third-order valence-corrected chi connectivity index (χ3v) is 3.79. The van der Waals surface area contributed by atoms with Crippen LogP contribution in [0.1, 0.15) is 34.6 Å². The summed E-state index contributed by atoms with van der Waals surface area (Å²) in [6.45, 7) is 4.55. The fraction of sp³-hybridized carbons (Fsp3) is 0.611. The molecule has 1 fully saturated rings. The van der Waals surface area contributed by atoms with Crippen LogP contribution in [0.25, 0.3) is 0 Å². The van der Waals surface area contributed by atoms with Gasteiger partial charge >= 0.3 is 35.9 Å². The second-order valence-corrected chi connectivity index (χ2v) is 6.69. The molecule has 1 aliphatic rings. The second kappa shape index (κ2) is 11.8. The molecular formula is C18H25N3O12. The number of hydrazone groups is 1. The molecule has 0 saturated carbocycles. The van der Waals surface area contributed by atoms with Crippen LogP contribution in [-0.4, -0.2) is 78.9 Å². The number of esters is 5.